The number of halogens is 1. The summed E-state index contributed by atoms with van der Waals surface area (Å²) in [6, 6.07) is 3.44. The molecule has 3 heterocycles. The lowest BCUT2D eigenvalue weighted by Gasteiger charge is -2.20. The molecule has 110 valence electrons. The van der Waals surface area contributed by atoms with Crippen molar-refractivity contribution in [2.75, 3.05) is 26.6 Å². The van der Waals surface area contributed by atoms with Gasteiger partial charge in [0.25, 0.3) is 5.89 Å². The van der Waals surface area contributed by atoms with E-state index >= 15 is 0 Å². The maximum absolute atomic E-state index is 6.15. The van der Waals surface area contributed by atoms with E-state index in [4.69, 9.17) is 30.3 Å². The SMILES string of the molecule is Clc1cc(-c2nc([C@H]3COCCN3)no2)cc2c1OCO2. The van der Waals surface area contributed by atoms with Crippen LogP contribution in [0.3, 0.4) is 0 Å². The number of nitrogens with one attached hydrogen (secondary N) is 1. The van der Waals surface area contributed by atoms with Gasteiger partial charge in [-0.05, 0) is 12.1 Å². The summed E-state index contributed by atoms with van der Waals surface area (Å²) in [5.41, 5.74) is 0.694. The van der Waals surface area contributed by atoms with Gasteiger partial charge >= 0.3 is 0 Å². The highest BCUT2D eigenvalue weighted by atomic mass is 35.5. The van der Waals surface area contributed by atoms with Crippen molar-refractivity contribution >= 4 is 11.6 Å². The molecule has 0 amide bonds. The molecule has 0 bridgehead atoms. The topological polar surface area (TPSA) is 78.6 Å². The molecule has 2 aliphatic rings. The minimum Gasteiger partial charge on any atom is -0.454 e. The highest BCUT2D eigenvalue weighted by Crippen LogP contribution is 2.42. The summed E-state index contributed by atoms with van der Waals surface area (Å²) in [7, 11) is 0. The van der Waals surface area contributed by atoms with Crippen LogP contribution < -0.4 is 14.8 Å². The van der Waals surface area contributed by atoms with Crippen molar-refractivity contribution in [1.29, 1.82) is 0 Å². The van der Waals surface area contributed by atoms with Gasteiger partial charge < -0.3 is 24.1 Å². The predicted octanol–water partition coefficient (Wildman–Crippen LogP) is 1.78. The Kier molecular flexibility index (Phi) is 3.17. The van der Waals surface area contributed by atoms with Crippen LogP contribution in [0.5, 0.6) is 11.5 Å². The number of morpholine rings is 1. The van der Waals surface area contributed by atoms with Crippen LogP contribution in [0.1, 0.15) is 11.9 Å². The van der Waals surface area contributed by atoms with E-state index in [9.17, 15) is 0 Å². The zero-order chi connectivity index (χ0) is 14.2. The first kappa shape index (κ1) is 12.9. The van der Waals surface area contributed by atoms with Gasteiger partial charge in [0.1, 0.15) is 0 Å². The molecular formula is C13H12ClN3O4. The van der Waals surface area contributed by atoms with E-state index < -0.39 is 0 Å². The quantitative estimate of drug-likeness (QED) is 0.905. The summed E-state index contributed by atoms with van der Waals surface area (Å²) >= 11 is 6.15. The van der Waals surface area contributed by atoms with Crippen LogP contribution in [0.25, 0.3) is 11.5 Å². The average Bonchev–Trinajstić information content (AvgIpc) is 3.17. The Labute approximate surface area is 125 Å². The van der Waals surface area contributed by atoms with E-state index in [2.05, 4.69) is 15.5 Å². The molecule has 0 aliphatic carbocycles. The maximum Gasteiger partial charge on any atom is 0.258 e. The van der Waals surface area contributed by atoms with Crippen LogP contribution in [0, 0.1) is 0 Å². The predicted molar refractivity (Wildman–Crippen MR) is 72.4 cm³/mol. The van der Waals surface area contributed by atoms with Crippen molar-refractivity contribution in [2.24, 2.45) is 0 Å². The lowest BCUT2D eigenvalue weighted by molar-refractivity contribution is 0.0734. The van der Waals surface area contributed by atoms with Gasteiger partial charge in [-0.25, -0.2) is 0 Å². The summed E-state index contributed by atoms with van der Waals surface area (Å²) in [6.45, 7) is 2.15. The van der Waals surface area contributed by atoms with E-state index in [0.29, 0.717) is 47.0 Å². The minimum atomic E-state index is -0.0549. The molecule has 21 heavy (non-hydrogen) atoms. The summed E-state index contributed by atoms with van der Waals surface area (Å²) in [5.74, 6) is 2.08. The normalized spacial score (nSPS) is 20.7. The summed E-state index contributed by atoms with van der Waals surface area (Å²) in [6.07, 6.45) is 0. The first-order chi connectivity index (χ1) is 10.3. The second-order valence-corrected chi connectivity index (χ2v) is 5.14. The van der Waals surface area contributed by atoms with Gasteiger partial charge in [-0.1, -0.05) is 16.8 Å². The zero-order valence-electron chi connectivity index (χ0n) is 11.0. The third-order valence-electron chi connectivity index (χ3n) is 3.35. The third-order valence-corrected chi connectivity index (χ3v) is 3.63. The summed E-state index contributed by atoms with van der Waals surface area (Å²) in [4.78, 5) is 4.40. The summed E-state index contributed by atoms with van der Waals surface area (Å²) < 4.78 is 21.3. The van der Waals surface area contributed by atoms with E-state index in [1.54, 1.807) is 12.1 Å². The van der Waals surface area contributed by atoms with E-state index in [0.717, 1.165) is 6.54 Å². The lowest BCUT2D eigenvalue weighted by Crippen LogP contribution is -2.35. The number of hydrogen-bond acceptors (Lipinski definition) is 7. The van der Waals surface area contributed by atoms with Gasteiger partial charge in [-0.2, -0.15) is 4.98 Å². The third kappa shape index (κ3) is 2.33. The molecule has 1 N–H and O–H groups in total. The van der Waals surface area contributed by atoms with Gasteiger partial charge in [0.15, 0.2) is 17.3 Å². The molecule has 1 atom stereocenters. The van der Waals surface area contributed by atoms with Gasteiger partial charge in [-0.15, -0.1) is 0 Å². The van der Waals surface area contributed by atoms with Crippen LogP contribution >= 0.6 is 11.6 Å². The smallest absolute Gasteiger partial charge is 0.258 e. The Morgan fingerprint density at radius 2 is 2.24 bits per heavy atom. The second kappa shape index (κ2) is 5.18. The van der Waals surface area contributed by atoms with Crippen molar-refractivity contribution < 1.29 is 18.7 Å². The van der Waals surface area contributed by atoms with Crippen LogP contribution in [-0.2, 0) is 4.74 Å². The van der Waals surface area contributed by atoms with Crippen molar-refractivity contribution in [3.8, 4) is 23.0 Å². The van der Waals surface area contributed by atoms with Crippen LogP contribution in [0.4, 0.5) is 0 Å². The van der Waals surface area contributed by atoms with Crippen LogP contribution in [0.15, 0.2) is 16.7 Å². The van der Waals surface area contributed by atoms with Gasteiger partial charge in [0.05, 0.1) is 24.3 Å². The molecule has 0 spiro atoms. The number of fused-ring (bicyclic) bond motifs is 1. The number of nitrogens with zero attached hydrogens (tertiary/aromatic N) is 2. The molecule has 7 nitrogen and oxygen atoms in total. The molecule has 1 aromatic carbocycles. The highest BCUT2D eigenvalue weighted by molar-refractivity contribution is 6.32. The fourth-order valence-electron chi connectivity index (χ4n) is 2.32. The van der Waals surface area contributed by atoms with Crippen molar-refractivity contribution in [3.63, 3.8) is 0 Å². The molecule has 0 saturated carbocycles. The minimum absolute atomic E-state index is 0.0549. The highest BCUT2D eigenvalue weighted by Gasteiger charge is 2.24. The molecule has 2 aliphatic heterocycles. The fraction of sp³-hybridized carbons (Fsp3) is 0.385. The number of hydrogen-bond donors (Lipinski definition) is 1. The molecule has 0 unspecified atom stereocenters. The first-order valence-corrected chi connectivity index (χ1v) is 6.93. The standard InChI is InChI=1S/C13H12ClN3O4/c14-8-3-7(4-10-11(8)20-6-19-10)13-16-12(17-21-13)9-5-18-2-1-15-9/h3-4,9,15H,1-2,5-6H2/t9-/m1/s1. The molecule has 1 saturated heterocycles. The first-order valence-electron chi connectivity index (χ1n) is 6.55. The Hall–Kier alpha value is -1.83. The summed E-state index contributed by atoms with van der Waals surface area (Å²) in [5, 5.41) is 7.73. The maximum atomic E-state index is 6.15. The lowest BCUT2D eigenvalue weighted by atomic mass is 10.2. The number of benzene rings is 1. The van der Waals surface area contributed by atoms with Gasteiger partial charge in [-0.3, -0.25) is 0 Å². The molecular weight excluding hydrogens is 298 g/mol. The largest absolute Gasteiger partial charge is 0.454 e. The molecule has 1 fully saturated rings. The Bertz CT molecular complexity index is 669. The average molecular weight is 310 g/mol. The van der Waals surface area contributed by atoms with E-state index in [-0.39, 0.29) is 12.8 Å². The fourth-order valence-corrected chi connectivity index (χ4v) is 2.58. The second-order valence-electron chi connectivity index (χ2n) is 4.73. The molecule has 0 radical (unpaired) electrons. The monoisotopic (exact) mass is 309 g/mol. The van der Waals surface area contributed by atoms with Crippen LogP contribution in [0.2, 0.25) is 5.02 Å². The van der Waals surface area contributed by atoms with Gasteiger partial charge in [0, 0.05) is 12.1 Å². The molecule has 8 heteroatoms. The van der Waals surface area contributed by atoms with Crippen LogP contribution in [-0.4, -0.2) is 36.7 Å². The van der Waals surface area contributed by atoms with Crippen molar-refractivity contribution in [3.05, 3.63) is 23.0 Å². The Morgan fingerprint density at radius 3 is 3.10 bits per heavy atom. The zero-order valence-corrected chi connectivity index (χ0v) is 11.7. The molecule has 4 rings (SSSR count). The molecule has 2 aromatic rings. The number of rotatable bonds is 2. The molecule has 1 aromatic heterocycles. The Morgan fingerprint density at radius 1 is 1.29 bits per heavy atom. The van der Waals surface area contributed by atoms with Gasteiger partial charge in [0.2, 0.25) is 6.79 Å². The Balaban J connectivity index is 1.65. The number of ether oxygens (including phenoxy) is 3. The van der Waals surface area contributed by atoms with Crippen molar-refractivity contribution in [2.45, 2.75) is 6.04 Å². The van der Waals surface area contributed by atoms with Crippen molar-refractivity contribution in [1.82, 2.24) is 15.5 Å². The van der Waals surface area contributed by atoms with E-state index in [1.807, 2.05) is 0 Å². The van der Waals surface area contributed by atoms with E-state index in [1.165, 1.54) is 0 Å². The number of aromatic nitrogens is 2.